The summed E-state index contributed by atoms with van der Waals surface area (Å²) >= 11 is 0. The molecule has 2 N–H and O–H groups in total. The van der Waals surface area contributed by atoms with Crippen molar-refractivity contribution in [1.29, 1.82) is 0 Å². The SMILES string of the molecule is C=CN(CC)C[N+](C=O)(Cc1ccc(F)cc1)C(O)NCc1ccc(F)cc1. The number of amides is 1. The van der Waals surface area contributed by atoms with Gasteiger partial charge in [-0.25, -0.2) is 23.4 Å². The summed E-state index contributed by atoms with van der Waals surface area (Å²) in [5.74, 6) is -0.715. The van der Waals surface area contributed by atoms with Gasteiger partial charge in [-0.1, -0.05) is 30.8 Å². The minimum absolute atomic E-state index is 0.158. The quantitative estimate of drug-likeness (QED) is 0.352. The van der Waals surface area contributed by atoms with Gasteiger partial charge in [-0.3, -0.25) is 0 Å². The summed E-state index contributed by atoms with van der Waals surface area (Å²) in [4.78, 5) is 14.0. The van der Waals surface area contributed by atoms with E-state index in [-0.39, 0.29) is 35.9 Å². The highest BCUT2D eigenvalue weighted by atomic mass is 19.1. The predicted molar refractivity (Wildman–Crippen MR) is 103 cm³/mol. The van der Waals surface area contributed by atoms with Gasteiger partial charge in [0.1, 0.15) is 18.2 Å². The molecule has 0 bridgehead atoms. The Morgan fingerprint density at radius 3 is 2.11 bits per heavy atom. The van der Waals surface area contributed by atoms with Gasteiger partial charge in [0.25, 0.3) is 6.35 Å². The minimum atomic E-state index is -1.23. The fraction of sp³-hybridized carbons (Fsp3) is 0.286. The van der Waals surface area contributed by atoms with E-state index in [0.717, 1.165) is 5.56 Å². The molecule has 2 aromatic rings. The first-order chi connectivity index (χ1) is 13.4. The maximum atomic E-state index is 13.2. The molecule has 2 unspecified atom stereocenters. The number of benzene rings is 2. The van der Waals surface area contributed by atoms with Crippen molar-refractivity contribution >= 4 is 6.41 Å². The van der Waals surface area contributed by atoms with Crippen molar-refractivity contribution in [3.63, 3.8) is 0 Å². The lowest BCUT2D eigenvalue weighted by Crippen LogP contribution is -2.62. The van der Waals surface area contributed by atoms with Gasteiger partial charge in [-0.05, 0) is 43.0 Å². The summed E-state index contributed by atoms with van der Waals surface area (Å²) in [6, 6.07) is 11.7. The molecule has 0 saturated heterocycles. The molecule has 2 rings (SSSR count). The van der Waals surface area contributed by atoms with Gasteiger partial charge in [0.2, 0.25) is 0 Å². The third-order valence-corrected chi connectivity index (χ3v) is 4.60. The molecule has 0 aromatic heterocycles. The number of nitrogens with one attached hydrogen (secondary N) is 1. The highest BCUT2D eigenvalue weighted by molar-refractivity contribution is 5.38. The van der Waals surface area contributed by atoms with Crippen molar-refractivity contribution in [2.45, 2.75) is 26.4 Å². The van der Waals surface area contributed by atoms with Crippen molar-refractivity contribution in [2.24, 2.45) is 0 Å². The summed E-state index contributed by atoms with van der Waals surface area (Å²) in [5.41, 5.74) is 1.47. The maximum absolute atomic E-state index is 13.2. The number of aliphatic hydroxyl groups excluding tert-OH is 1. The molecule has 2 aromatic carbocycles. The minimum Gasteiger partial charge on any atom is -0.332 e. The van der Waals surface area contributed by atoms with Gasteiger partial charge in [0, 0.05) is 18.7 Å². The zero-order valence-corrected chi connectivity index (χ0v) is 15.9. The summed E-state index contributed by atoms with van der Waals surface area (Å²) < 4.78 is 25.9. The second-order valence-corrected chi connectivity index (χ2v) is 6.60. The van der Waals surface area contributed by atoms with Crippen LogP contribution in [0.5, 0.6) is 0 Å². The van der Waals surface area contributed by atoms with Gasteiger partial charge in [-0.15, -0.1) is 0 Å². The van der Waals surface area contributed by atoms with Gasteiger partial charge < -0.3 is 10.0 Å². The molecule has 0 fully saturated rings. The first kappa shape index (κ1) is 21.7. The molecule has 0 aliphatic carbocycles. The zero-order valence-electron chi connectivity index (χ0n) is 15.9. The van der Waals surface area contributed by atoms with Crippen molar-refractivity contribution in [2.75, 3.05) is 13.2 Å². The van der Waals surface area contributed by atoms with E-state index in [1.165, 1.54) is 24.3 Å². The molecule has 7 heteroatoms. The number of aliphatic hydroxyl groups is 1. The van der Waals surface area contributed by atoms with Crippen LogP contribution in [-0.4, -0.2) is 40.5 Å². The number of carbonyl (C=O) groups excluding carboxylic acids is 1. The normalized spacial score (nSPS) is 14.1. The van der Waals surface area contributed by atoms with Crippen LogP contribution in [0, 0.1) is 11.6 Å². The Morgan fingerprint density at radius 1 is 1.11 bits per heavy atom. The van der Waals surface area contributed by atoms with Crippen LogP contribution < -0.4 is 5.32 Å². The van der Waals surface area contributed by atoms with E-state index in [1.54, 1.807) is 35.4 Å². The Hall–Kier alpha value is -2.61. The monoisotopic (exact) mass is 390 g/mol. The van der Waals surface area contributed by atoms with E-state index >= 15 is 0 Å². The van der Waals surface area contributed by atoms with E-state index < -0.39 is 6.35 Å². The Balaban J connectivity index is 2.23. The molecule has 0 aliphatic heterocycles. The molecule has 5 nitrogen and oxygen atoms in total. The lowest BCUT2D eigenvalue weighted by Gasteiger charge is -2.39. The number of halogens is 2. The Labute approximate surface area is 164 Å². The Bertz CT molecular complexity index is 768. The number of carbonyl (C=O) groups is 1. The van der Waals surface area contributed by atoms with Crippen LogP contribution in [0.4, 0.5) is 8.78 Å². The van der Waals surface area contributed by atoms with Gasteiger partial charge in [0.05, 0.1) is 0 Å². The molecule has 0 saturated carbocycles. The van der Waals surface area contributed by atoms with Crippen LogP contribution >= 0.6 is 0 Å². The second-order valence-electron chi connectivity index (χ2n) is 6.60. The van der Waals surface area contributed by atoms with Crippen molar-refractivity contribution in [3.05, 3.63) is 84.1 Å². The maximum Gasteiger partial charge on any atom is 0.306 e. The van der Waals surface area contributed by atoms with Crippen LogP contribution in [0.15, 0.2) is 61.3 Å². The van der Waals surface area contributed by atoms with Crippen LogP contribution in [0.3, 0.4) is 0 Å². The fourth-order valence-corrected chi connectivity index (χ4v) is 2.89. The molecule has 28 heavy (non-hydrogen) atoms. The molecular weight excluding hydrogens is 364 g/mol. The summed E-state index contributed by atoms with van der Waals surface area (Å²) in [6.45, 7) is 6.85. The highest BCUT2D eigenvalue weighted by Crippen LogP contribution is 2.18. The Morgan fingerprint density at radius 2 is 1.64 bits per heavy atom. The largest absolute Gasteiger partial charge is 0.332 e. The zero-order chi connectivity index (χ0) is 20.6. The number of nitrogens with zero attached hydrogens (tertiary/aromatic N) is 2. The topological polar surface area (TPSA) is 52.6 Å². The van der Waals surface area contributed by atoms with E-state index in [4.69, 9.17) is 0 Å². The molecule has 1 amide bonds. The molecule has 0 heterocycles. The summed E-state index contributed by atoms with van der Waals surface area (Å²) in [5, 5.41) is 13.8. The molecule has 0 spiro atoms. The van der Waals surface area contributed by atoms with Crippen molar-refractivity contribution in [3.8, 4) is 0 Å². The van der Waals surface area contributed by atoms with Gasteiger partial charge >= 0.3 is 6.41 Å². The first-order valence-corrected chi connectivity index (χ1v) is 9.02. The van der Waals surface area contributed by atoms with E-state index in [9.17, 15) is 18.7 Å². The summed E-state index contributed by atoms with van der Waals surface area (Å²) in [7, 11) is 0. The van der Waals surface area contributed by atoms with E-state index in [2.05, 4.69) is 11.9 Å². The number of hydrogen-bond donors (Lipinski definition) is 2. The number of hydrogen-bond acceptors (Lipinski definition) is 4. The Kier molecular flexibility index (Phi) is 7.80. The van der Waals surface area contributed by atoms with Gasteiger partial charge in [-0.2, -0.15) is 0 Å². The van der Waals surface area contributed by atoms with Crippen LogP contribution in [0.2, 0.25) is 0 Å². The number of rotatable bonds is 11. The molecule has 0 aliphatic rings. The smallest absolute Gasteiger partial charge is 0.306 e. The van der Waals surface area contributed by atoms with Crippen LogP contribution in [0.1, 0.15) is 18.1 Å². The molecule has 2 atom stereocenters. The number of quaternary nitrogens is 1. The third kappa shape index (κ3) is 5.69. The molecule has 150 valence electrons. The summed E-state index contributed by atoms with van der Waals surface area (Å²) in [6.07, 6.45) is 1.05. The lowest BCUT2D eigenvalue weighted by atomic mass is 10.2. The highest BCUT2D eigenvalue weighted by Gasteiger charge is 2.37. The second kappa shape index (κ2) is 10.1. The lowest BCUT2D eigenvalue weighted by molar-refractivity contribution is -0.919. The molecular formula is C21H26F2N3O2+. The van der Waals surface area contributed by atoms with Crippen LogP contribution in [-0.2, 0) is 17.9 Å². The fourth-order valence-electron chi connectivity index (χ4n) is 2.89. The third-order valence-electron chi connectivity index (χ3n) is 4.60. The van der Waals surface area contributed by atoms with Crippen molar-refractivity contribution in [1.82, 2.24) is 10.2 Å². The predicted octanol–water partition coefficient (Wildman–Crippen LogP) is 2.93. The van der Waals surface area contributed by atoms with E-state index in [1.807, 2.05) is 6.92 Å². The van der Waals surface area contributed by atoms with Crippen molar-refractivity contribution < 1.29 is 23.2 Å². The van der Waals surface area contributed by atoms with Gasteiger partial charge in [0.15, 0.2) is 6.67 Å². The standard InChI is InChI=1S/C21H26F2N3O2/c1-3-25(4-2)15-26(16-27,14-18-7-11-20(23)12-8-18)21(28)24-13-17-5-9-19(22)10-6-17/h3,5-12,16,21,24,28H,1,4,13-15H2,2H3/q+1. The average Bonchev–Trinajstić information content (AvgIpc) is 2.72. The van der Waals surface area contributed by atoms with E-state index in [0.29, 0.717) is 18.5 Å². The van der Waals surface area contributed by atoms with Crippen LogP contribution in [0.25, 0.3) is 0 Å². The average molecular weight is 390 g/mol. The first-order valence-electron chi connectivity index (χ1n) is 9.02. The molecule has 0 radical (unpaired) electrons.